The highest BCUT2D eigenvalue weighted by Gasteiger charge is 2.43. The highest BCUT2D eigenvalue weighted by molar-refractivity contribution is 6.33. The molecule has 1 amide bonds. The van der Waals surface area contributed by atoms with E-state index in [-0.39, 0.29) is 35.5 Å². The van der Waals surface area contributed by atoms with Gasteiger partial charge in [0, 0.05) is 25.7 Å². The Morgan fingerprint density at radius 1 is 1.46 bits per heavy atom. The number of carbonyl (C=O) groups excluding carboxylic acids is 1. The number of nitro groups is 1. The van der Waals surface area contributed by atoms with Crippen molar-refractivity contribution in [2.24, 2.45) is 5.92 Å². The average molecular weight is 367 g/mol. The number of rotatable bonds is 4. The van der Waals surface area contributed by atoms with Gasteiger partial charge in [-0.1, -0.05) is 11.6 Å². The molecular weight excluding hydrogens is 353 g/mol. The molecule has 1 fully saturated rings. The zero-order valence-corrected chi connectivity index (χ0v) is 13.1. The summed E-state index contributed by atoms with van der Waals surface area (Å²) in [6.07, 6.45) is -2.95. The molecule has 0 spiro atoms. The average Bonchev–Trinajstić information content (AvgIpc) is 2.52. The Balaban J connectivity index is 1.85. The van der Waals surface area contributed by atoms with Gasteiger partial charge in [-0.05, 0) is 18.8 Å². The Morgan fingerprint density at radius 2 is 2.08 bits per heavy atom. The first-order valence-electron chi connectivity index (χ1n) is 7.08. The number of carbonyl (C=O) groups is 1. The van der Waals surface area contributed by atoms with Gasteiger partial charge in [-0.3, -0.25) is 14.9 Å². The van der Waals surface area contributed by atoms with E-state index in [0.29, 0.717) is 19.4 Å². The number of amides is 1. The van der Waals surface area contributed by atoms with Crippen LogP contribution < -0.4 is 5.32 Å². The van der Waals surface area contributed by atoms with Gasteiger partial charge in [0.25, 0.3) is 5.69 Å². The first-order chi connectivity index (χ1) is 11.2. The molecule has 24 heavy (non-hydrogen) atoms. The van der Waals surface area contributed by atoms with Crippen LogP contribution in [0.4, 0.5) is 24.7 Å². The van der Waals surface area contributed by atoms with Gasteiger partial charge in [0.1, 0.15) is 12.0 Å². The lowest BCUT2D eigenvalue weighted by Gasteiger charge is -2.32. The molecule has 132 valence electrons. The summed E-state index contributed by atoms with van der Waals surface area (Å²) in [7, 11) is 0. The maximum atomic E-state index is 12.4. The van der Waals surface area contributed by atoms with Gasteiger partial charge < -0.3 is 10.2 Å². The molecule has 1 saturated heterocycles. The normalized spacial score (nSPS) is 16.1. The van der Waals surface area contributed by atoms with Crippen molar-refractivity contribution in [2.75, 3.05) is 25.0 Å². The first kappa shape index (κ1) is 18.2. The van der Waals surface area contributed by atoms with Crippen molar-refractivity contribution in [2.45, 2.75) is 19.0 Å². The van der Waals surface area contributed by atoms with Crippen molar-refractivity contribution >= 4 is 29.0 Å². The van der Waals surface area contributed by atoms with Gasteiger partial charge in [-0.25, -0.2) is 4.98 Å². The second-order valence-corrected chi connectivity index (χ2v) is 5.80. The summed E-state index contributed by atoms with van der Waals surface area (Å²) in [5.74, 6) is -1.49. The van der Waals surface area contributed by atoms with E-state index in [1.54, 1.807) is 0 Å². The van der Waals surface area contributed by atoms with Crippen LogP contribution >= 0.6 is 11.6 Å². The van der Waals surface area contributed by atoms with Crippen LogP contribution in [0.5, 0.6) is 0 Å². The van der Waals surface area contributed by atoms with Crippen LogP contribution in [0, 0.1) is 16.0 Å². The van der Waals surface area contributed by atoms with Gasteiger partial charge in [0.15, 0.2) is 0 Å². The lowest BCUT2D eigenvalue weighted by atomic mass is 9.96. The maximum absolute atomic E-state index is 12.4. The number of halogens is 4. The Morgan fingerprint density at radius 3 is 2.58 bits per heavy atom. The topological polar surface area (TPSA) is 88.4 Å². The summed E-state index contributed by atoms with van der Waals surface area (Å²) in [5, 5.41) is 13.6. The third kappa shape index (κ3) is 4.47. The molecule has 0 unspecified atom stereocenters. The minimum absolute atomic E-state index is 0.0338. The Kier molecular flexibility index (Phi) is 5.47. The minimum atomic E-state index is -4.85. The lowest BCUT2D eigenvalue weighted by Crippen LogP contribution is -2.46. The molecule has 1 aliphatic heterocycles. The molecular formula is C13H14ClF3N4O3. The Bertz CT molecular complexity index is 633. The Hall–Kier alpha value is -2.10. The standard InChI is InChI=1S/C13H14ClF3N4O3/c14-10-5-9(21(23)24)7-19-11(10)18-6-8-1-3-20(4-2-8)12(22)13(15,16)17/h5,7-8H,1-4,6H2,(H,18,19). The monoisotopic (exact) mass is 366 g/mol. The molecule has 1 aromatic heterocycles. The summed E-state index contributed by atoms with van der Waals surface area (Å²) < 4.78 is 37.1. The second-order valence-electron chi connectivity index (χ2n) is 5.40. The van der Waals surface area contributed by atoms with Crippen molar-refractivity contribution in [1.29, 1.82) is 0 Å². The highest BCUT2D eigenvalue weighted by atomic mass is 35.5. The van der Waals surface area contributed by atoms with Crippen LogP contribution in [0.1, 0.15) is 12.8 Å². The molecule has 2 rings (SSSR count). The first-order valence-corrected chi connectivity index (χ1v) is 7.46. The number of hydrogen-bond acceptors (Lipinski definition) is 5. The number of anilines is 1. The van der Waals surface area contributed by atoms with Gasteiger partial charge >= 0.3 is 12.1 Å². The van der Waals surface area contributed by atoms with Crippen LogP contribution in [0.25, 0.3) is 0 Å². The fourth-order valence-corrected chi connectivity index (χ4v) is 2.65. The fourth-order valence-electron chi connectivity index (χ4n) is 2.42. The smallest absolute Gasteiger partial charge is 0.369 e. The summed E-state index contributed by atoms with van der Waals surface area (Å²) in [4.78, 5) is 25.8. The SMILES string of the molecule is O=C(N1CCC(CNc2ncc([N+](=O)[O-])cc2Cl)CC1)C(F)(F)F. The number of piperidine rings is 1. The van der Waals surface area contributed by atoms with E-state index >= 15 is 0 Å². The number of nitrogens with one attached hydrogen (secondary N) is 1. The summed E-state index contributed by atoms with van der Waals surface area (Å²) >= 11 is 5.90. The number of nitrogens with zero attached hydrogens (tertiary/aromatic N) is 3. The molecule has 0 aliphatic carbocycles. The molecule has 7 nitrogen and oxygen atoms in total. The molecule has 1 N–H and O–H groups in total. The van der Waals surface area contributed by atoms with E-state index in [1.807, 2.05) is 0 Å². The van der Waals surface area contributed by atoms with Crippen molar-refractivity contribution < 1.29 is 22.9 Å². The van der Waals surface area contributed by atoms with Crippen molar-refractivity contribution in [3.8, 4) is 0 Å². The van der Waals surface area contributed by atoms with Gasteiger partial charge in [0.2, 0.25) is 0 Å². The number of hydrogen-bond donors (Lipinski definition) is 1. The van der Waals surface area contributed by atoms with Gasteiger partial charge in [-0.2, -0.15) is 13.2 Å². The minimum Gasteiger partial charge on any atom is -0.369 e. The summed E-state index contributed by atoms with van der Waals surface area (Å²) in [6, 6.07) is 1.17. The van der Waals surface area contributed by atoms with E-state index in [4.69, 9.17) is 11.6 Å². The maximum Gasteiger partial charge on any atom is 0.471 e. The highest BCUT2D eigenvalue weighted by Crippen LogP contribution is 2.26. The van der Waals surface area contributed by atoms with Crippen LogP contribution in [0.2, 0.25) is 5.02 Å². The molecule has 0 aromatic carbocycles. The number of pyridine rings is 1. The van der Waals surface area contributed by atoms with Crippen LogP contribution in [0.15, 0.2) is 12.3 Å². The van der Waals surface area contributed by atoms with Gasteiger partial charge in [0.05, 0.1) is 9.95 Å². The second kappa shape index (κ2) is 7.20. The lowest BCUT2D eigenvalue weighted by molar-refractivity contribution is -0.385. The van der Waals surface area contributed by atoms with E-state index in [0.717, 1.165) is 11.1 Å². The summed E-state index contributed by atoms with van der Waals surface area (Å²) in [5.41, 5.74) is -0.232. The number of likely N-dealkylation sites (tertiary alicyclic amines) is 1. The predicted octanol–water partition coefficient (Wildman–Crippen LogP) is 2.86. The quantitative estimate of drug-likeness (QED) is 0.654. The van der Waals surface area contributed by atoms with Gasteiger partial charge in [-0.15, -0.1) is 0 Å². The van der Waals surface area contributed by atoms with Crippen molar-refractivity contribution in [1.82, 2.24) is 9.88 Å². The molecule has 2 heterocycles. The Labute approximate surface area is 139 Å². The number of alkyl halides is 3. The zero-order valence-electron chi connectivity index (χ0n) is 12.3. The summed E-state index contributed by atoms with van der Waals surface area (Å²) in [6.45, 7) is 0.469. The van der Waals surface area contributed by atoms with E-state index in [1.165, 1.54) is 6.07 Å². The third-order valence-corrected chi connectivity index (χ3v) is 4.03. The zero-order chi connectivity index (χ0) is 17.9. The molecule has 0 bridgehead atoms. The molecule has 1 aromatic rings. The van der Waals surface area contributed by atoms with Crippen molar-refractivity contribution in [3.05, 3.63) is 27.4 Å². The van der Waals surface area contributed by atoms with E-state index in [2.05, 4.69) is 10.3 Å². The number of aromatic nitrogens is 1. The largest absolute Gasteiger partial charge is 0.471 e. The van der Waals surface area contributed by atoms with Crippen molar-refractivity contribution in [3.63, 3.8) is 0 Å². The van der Waals surface area contributed by atoms with Crippen LogP contribution in [-0.2, 0) is 4.79 Å². The molecule has 11 heteroatoms. The molecule has 1 aliphatic rings. The fraction of sp³-hybridized carbons (Fsp3) is 0.538. The van der Waals surface area contributed by atoms with Crippen LogP contribution in [0.3, 0.4) is 0 Å². The molecule has 0 radical (unpaired) electrons. The van der Waals surface area contributed by atoms with E-state index < -0.39 is 17.0 Å². The molecule has 0 saturated carbocycles. The van der Waals surface area contributed by atoms with Crippen LogP contribution in [-0.4, -0.2) is 46.5 Å². The molecule has 0 atom stereocenters. The van der Waals surface area contributed by atoms with E-state index in [9.17, 15) is 28.1 Å². The third-order valence-electron chi connectivity index (χ3n) is 3.74. The predicted molar refractivity (Wildman–Crippen MR) is 79.8 cm³/mol.